The van der Waals surface area contributed by atoms with E-state index in [1.165, 1.54) is 0 Å². The average molecular weight is 412 g/mol. The third-order valence-corrected chi connectivity index (χ3v) is 4.39. The smallest absolute Gasteiger partial charge is 0.263 e. The summed E-state index contributed by atoms with van der Waals surface area (Å²) in [7, 11) is 1.57. The van der Waals surface area contributed by atoms with Crippen LogP contribution in [0.25, 0.3) is 6.08 Å². The standard InChI is InChI=1S/C22H22ClN3O3/c1-3-4-16-7-10-19(20(13-16)28-2)29-15-22(27)25-21-11-12-24-26(21)14-17-5-8-18(23)9-6-17/h3-13H,14-15H2,1-2H3,(H,25,27)/b4-3+. The number of nitrogens with one attached hydrogen (secondary N) is 1. The van der Waals surface area contributed by atoms with Crippen molar-refractivity contribution >= 4 is 29.4 Å². The van der Waals surface area contributed by atoms with E-state index >= 15 is 0 Å². The Balaban J connectivity index is 1.60. The van der Waals surface area contributed by atoms with Crippen molar-refractivity contribution in [1.29, 1.82) is 0 Å². The van der Waals surface area contributed by atoms with Crippen LogP contribution in [0.4, 0.5) is 5.82 Å². The zero-order chi connectivity index (χ0) is 20.6. The van der Waals surface area contributed by atoms with Crippen molar-refractivity contribution in [2.75, 3.05) is 19.0 Å². The highest BCUT2D eigenvalue weighted by atomic mass is 35.5. The van der Waals surface area contributed by atoms with Crippen molar-refractivity contribution in [3.05, 3.63) is 77.0 Å². The zero-order valence-corrected chi connectivity index (χ0v) is 17.0. The van der Waals surface area contributed by atoms with Crippen molar-refractivity contribution in [1.82, 2.24) is 9.78 Å². The molecular weight excluding hydrogens is 390 g/mol. The van der Waals surface area contributed by atoms with E-state index in [9.17, 15) is 4.79 Å². The second-order valence-electron chi connectivity index (χ2n) is 6.25. The number of anilines is 1. The number of carbonyl (C=O) groups is 1. The molecule has 1 aromatic heterocycles. The normalized spacial score (nSPS) is 10.9. The molecule has 3 aromatic rings. The molecule has 150 valence electrons. The number of carbonyl (C=O) groups excluding carboxylic acids is 1. The van der Waals surface area contributed by atoms with Crippen LogP contribution < -0.4 is 14.8 Å². The number of nitrogens with zero attached hydrogens (tertiary/aromatic N) is 2. The first-order valence-electron chi connectivity index (χ1n) is 9.08. The Kier molecular flexibility index (Phi) is 6.92. The number of allylic oxidation sites excluding steroid dienone is 1. The summed E-state index contributed by atoms with van der Waals surface area (Å²) in [6, 6.07) is 14.8. The van der Waals surface area contributed by atoms with Gasteiger partial charge in [0.1, 0.15) is 5.82 Å². The zero-order valence-electron chi connectivity index (χ0n) is 16.3. The monoisotopic (exact) mass is 411 g/mol. The highest BCUT2D eigenvalue weighted by Crippen LogP contribution is 2.28. The molecule has 2 aromatic carbocycles. The molecular formula is C22H22ClN3O3. The number of amides is 1. The third kappa shape index (κ3) is 5.62. The molecule has 0 radical (unpaired) electrons. The van der Waals surface area contributed by atoms with E-state index in [4.69, 9.17) is 21.1 Å². The Bertz CT molecular complexity index is 997. The van der Waals surface area contributed by atoms with Crippen LogP contribution in [0, 0.1) is 0 Å². The molecule has 0 unspecified atom stereocenters. The van der Waals surface area contributed by atoms with Crippen molar-refractivity contribution in [2.45, 2.75) is 13.5 Å². The minimum Gasteiger partial charge on any atom is -0.493 e. The fraction of sp³-hybridized carbons (Fsp3) is 0.182. The molecule has 0 fully saturated rings. The first-order valence-corrected chi connectivity index (χ1v) is 9.46. The molecule has 0 atom stereocenters. The van der Waals surface area contributed by atoms with E-state index in [1.807, 2.05) is 55.5 Å². The Hall–Kier alpha value is -3.25. The molecule has 1 N–H and O–H groups in total. The lowest BCUT2D eigenvalue weighted by molar-refractivity contribution is -0.118. The summed E-state index contributed by atoms with van der Waals surface area (Å²) in [5, 5.41) is 7.76. The van der Waals surface area contributed by atoms with Gasteiger partial charge in [0.2, 0.25) is 0 Å². The Morgan fingerprint density at radius 2 is 1.97 bits per heavy atom. The Morgan fingerprint density at radius 3 is 2.69 bits per heavy atom. The Morgan fingerprint density at radius 1 is 1.17 bits per heavy atom. The molecule has 0 aliphatic carbocycles. The summed E-state index contributed by atoms with van der Waals surface area (Å²) < 4.78 is 12.7. The van der Waals surface area contributed by atoms with Gasteiger partial charge in [0.15, 0.2) is 18.1 Å². The fourth-order valence-corrected chi connectivity index (χ4v) is 2.88. The SMILES string of the molecule is C/C=C/c1ccc(OCC(=O)Nc2ccnn2Cc2ccc(Cl)cc2)c(OC)c1. The van der Waals surface area contributed by atoms with Gasteiger partial charge in [-0.1, -0.05) is 42.0 Å². The summed E-state index contributed by atoms with van der Waals surface area (Å²) in [5.74, 6) is 1.37. The van der Waals surface area contributed by atoms with Gasteiger partial charge in [0.25, 0.3) is 5.91 Å². The predicted octanol–water partition coefficient (Wildman–Crippen LogP) is 4.64. The molecule has 0 bridgehead atoms. The van der Waals surface area contributed by atoms with Gasteiger partial charge in [-0.3, -0.25) is 4.79 Å². The van der Waals surface area contributed by atoms with E-state index in [1.54, 1.807) is 30.1 Å². The van der Waals surface area contributed by atoms with Gasteiger partial charge in [-0.15, -0.1) is 0 Å². The lowest BCUT2D eigenvalue weighted by Crippen LogP contribution is -2.22. The van der Waals surface area contributed by atoms with Crippen molar-refractivity contribution in [3.8, 4) is 11.5 Å². The molecule has 0 saturated heterocycles. The summed E-state index contributed by atoms with van der Waals surface area (Å²) in [4.78, 5) is 12.4. The molecule has 6 nitrogen and oxygen atoms in total. The highest BCUT2D eigenvalue weighted by molar-refractivity contribution is 6.30. The second-order valence-corrected chi connectivity index (χ2v) is 6.68. The third-order valence-electron chi connectivity index (χ3n) is 4.14. The van der Waals surface area contributed by atoms with E-state index in [0.29, 0.717) is 28.9 Å². The van der Waals surface area contributed by atoms with E-state index in [2.05, 4.69) is 10.4 Å². The molecule has 0 aliphatic heterocycles. The number of benzene rings is 2. The number of hydrogen-bond donors (Lipinski definition) is 1. The van der Waals surface area contributed by atoms with Gasteiger partial charge in [0, 0.05) is 11.1 Å². The number of aromatic nitrogens is 2. The maximum absolute atomic E-state index is 12.4. The summed E-state index contributed by atoms with van der Waals surface area (Å²) in [6.07, 6.45) is 5.53. The van der Waals surface area contributed by atoms with E-state index in [-0.39, 0.29) is 12.5 Å². The summed E-state index contributed by atoms with van der Waals surface area (Å²) in [6.45, 7) is 2.31. The Labute approximate surface area is 174 Å². The van der Waals surface area contributed by atoms with Crippen LogP contribution >= 0.6 is 11.6 Å². The van der Waals surface area contributed by atoms with Gasteiger partial charge in [-0.05, 0) is 42.3 Å². The second kappa shape index (κ2) is 9.80. The molecule has 29 heavy (non-hydrogen) atoms. The van der Waals surface area contributed by atoms with Crippen LogP contribution in [-0.2, 0) is 11.3 Å². The summed E-state index contributed by atoms with van der Waals surface area (Å²) in [5.41, 5.74) is 2.02. The quantitative estimate of drug-likeness (QED) is 0.586. The maximum atomic E-state index is 12.4. The summed E-state index contributed by atoms with van der Waals surface area (Å²) >= 11 is 5.92. The van der Waals surface area contributed by atoms with Crippen LogP contribution in [0.5, 0.6) is 11.5 Å². The van der Waals surface area contributed by atoms with Crippen LogP contribution in [-0.4, -0.2) is 29.4 Å². The van der Waals surface area contributed by atoms with Crippen LogP contribution in [0.3, 0.4) is 0 Å². The van der Waals surface area contributed by atoms with Crippen LogP contribution in [0.15, 0.2) is 60.8 Å². The van der Waals surface area contributed by atoms with Crippen LogP contribution in [0.2, 0.25) is 5.02 Å². The number of methoxy groups -OCH3 is 1. The van der Waals surface area contributed by atoms with Gasteiger partial charge in [-0.25, -0.2) is 4.68 Å². The molecule has 7 heteroatoms. The molecule has 1 amide bonds. The molecule has 0 aliphatic rings. The van der Waals surface area contributed by atoms with Gasteiger partial charge >= 0.3 is 0 Å². The highest BCUT2D eigenvalue weighted by Gasteiger charge is 2.11. The van der Waals surface area contributed by atoms with Crippen molar-refractivity contribution in [2.24, 2.45) is 0 Å². The van der Waals surface area contributed by atoms with E-state index in [0.717, 1.165) is 11.1 Å². The first kappa shape index (κ1) is 20.5. The van der Waals surface area contributed by atoms with E-state index < -0.39 is 0 Å². The maximum Gasteiger partial charge on any atom is 0.263 e. The van der Waals surface area contributed by atoms with Gasteiger partial charge < -0.3 is 14.8 Å². The van der Waals surface area contributed by atoms with Crippen LogP contribution in [0.1, 0.15) is 18.1 Å². The number of ether oxygens (including phenoxy) is 2. The predicted molar refractivity (Wildman–Crippen MR) is 115 cm³/mol. The number of hydrogen-bond acceptors (Lipinski definition) is 4. The number of halogens is 1. The topological polar surface area (TPSA) is 65.4 Å². The van der Waals surface area contributed by atoms with Crippen molar-refractivity contribution in [3.63, 3.8) is 0 Å². The average Bonchev–Trinajstić information content (AvgIpc) is 3.15. The molecule has 1 heterocycles. The fourth-order valence-electron chi connectivity index (χ4n) is 2.75. The molecule has 3 rings (SSSR count). The van der Waals surface area contributed by atoms with Gasteiger partial charge in [0.05, 0.1) is 19.9 Å². The molecule has 0 spiro atoms. The minimum atomic E-state index is -0.289. The van der Waals surface area contributed by atoms with Crippen molar-refractivity contribution < 1.29 is 14.3 Å². The minimum absolute atomic E-state index is 0.147. The number of rotatable bonds is 8. The largest absolute Gasteiger partial charge is 0.493 e. The van der Waals surface area contributed by atoms with Gasteiger partial charge in [-0.2, -0.15) is 5.10 Å². The molecule has 0 saturated carbocycles. The lowest BCUT2D eigenvalue weighted by atomic mass is 10.2. The first-order chi connectivity index (χ1) is 14.1. The lowest BCUT2D eigenvalue weighted by Gasteiger charge is -2.12.